The van der Waals surface area contributed by atoms with Crippen molar-refractivity contribution in [3.8, 4) is 0 Å². The van der Waals surface area contributed by atoms with Crippen LogP contribution in [-0.4, -0.2) is 40.3 Å². The number of hydrogen-bond donors (Lipinski definition) is 3. The summed E-state index contributed by atoms with van der Waals surface area (Å²) in [5.41, 5.74) is -0.679. The number of rotatable bonds is 5. The van der Waals surface area contributed by atoms with Gasteiger partial charge in [0.05, 0.1) is 11.1 Å². The molecule has 2 amide bonds. The highest BCUT2D eigenvalue weighted by Crippen LogP contribution is 2.60. The molecule has 0 aliphatic carbocycles. The Balaban J connectivity index is 2.00. The zero-order valence-corrected chi connectivity index (χ0v) is 19.8. The van der Waals surface area contributed by atoms with Crippen LogP contribution in [0.25, 0.3) is 0 Å². The molecule has 0 bridgehead atoms. The summed E-state index contributed by atoms with van der Waals surface area (Å²) in [6.45, 7) is 3.91. The SMILES string of the molecule is CC(C)(CCO)C[C@@H]1CN(C(=O)O)[C@H](c2cccc(Cl)c2F)[C@]12C(=O)Nc1cc(Cl)ccc12. The number of aliphatic hydroxyl groups excluding tert-OH is 1. The number of benzene rings is 2. The minimum atomic E-state index is -1.39. The molecule has 2 aromatic carbocycles. The molecular formula is C24H25Cl2FN2O4. The van der Waals surface area contributed by atoms with E-state index in [-0.39, 0.29) is 23.7 Å². The van der Waals surface area contributed by atoms with Gasteiger partial charge in [0.2, 0.25) is 5.91 Å². The fourth-order valence-electron chi connectivity index (χ4n) is 5.59. The summed E-state index contributed by atoms with van der Waals surface area (Å²) in [5, 5.41) is 22.8. The van der Waals surface area contributed by atoms with E-state index in [1.807, 2.05) is 13.8 Å². The second-order valence-corrected chi connectivity index (χ2v) is 10.4. The standard InChI is InChI=1S/C24H25Cl2FN2O4/c1-23(2,8-9-30)11-13-12-29(22(32)33)20(15-4-3-5-17(26)19(15)27)24(13)16-7-6-14(25)10-18(16)28-21(24)31/h3-7,10,13,20,30H,8-9,11-12H2,1-2H3,(H,28,31)(H,32,33)/t13-,20-,24+/m1/s1. The van der Waals surface area contributed by atoms with Crippen molar-refractivity contribution in [2.24, 2.45) is 11.3 Å². The van der Waals surface area contributed by atoms with Crippen molar-refractivity contribution < 1.29 is 24.2 Å². The maximum absolute atomic E-state index is 15.3. The number of amides is 2. The van der Waals surface area contributed by atoms with Gasteiger partial charge in [-0.2, -0.15) is 0 Å². The molecule has 1 saturated heterocycles. The fraction of sp³-hybridized carbons (Fsp3) is 0.417. The molecule has 0 aromatic heterocycles. The second kappa shape index (κ2) is 8.46. The van der Waals surface area contributed by atoms with Crippen LogP contribution >= 0.6 is 23.2 Å². The molecule has 176 valence electrons. The van der Waals surface area contributed by atoms with Crippen molar-refractivity contribution in [2.75, 3.05) is 18.5 Å². The number of halogens is 3. The second-order valence-electron chi connectivity index (χ2n) is 9.53. The third kappa shape index (κ3) is 3.76. The van der Waals surface area contributed by atoms with E-state index in [2.05, 4.69) is 5.32 Å². The lowest BCUT2D eigenvalue weighted by atomic mass is 9.63. The van der Waals surface area contributed by atoms with Gasteiger partial charge in [-0.05, 0) is 47.9 Å². The number of hydrogen-bond acceptors (Lipinski definition) is 3. The van der Waals surface area contributed by atoms with Crippen LogP contribution < -0.4 is 5.32 Å². The van der Waals surface area contributed by atoms with Crippen LogP contribution in [0.5, 0.6) is 0 Å². The van der Waals surface area contributed by atoms with Crippen LogP contribution in [0.3, 0.4) is 0 Å². The number of carbonyl (C=O) groups excluding carboxylic acids is 1. The average Bonchev–Trinajstić information content (AvgIpc) is 3.19. The molecule has 2 heterocycles. The van der Waals surface area contributed by atoms with Gasteiger partial charge >= 0.3 is 6.09 Å². The van der Waals surface area contributed by atoms with Gasteiger partial charge in [-0.1, -0.05) is 55.2 Å². The molecule has 9 heteroatoms. The zero-order chi connectivity index (χ0) is 24.1. The molecule has 3 N–H and O–H groups in total. The van der Waals surface area contributed by atoms with Gasteiger partial charge in [0, 0.05) is 29.4 Å². The van der Waals surface area contributed by atoms with E-state index in [1.54, 1.807) is 24.3 Å². The molecule has 33 heavy (non-hydrogen) atoms. The van der Waals surface area contributed by atoms with E-state index in [0.29, 0.717) is 29.1 Å². The monoisotopic (exact) mass is 494 g/mol. The van der Waals surface area contributed by atoms with Gasteiger partial charge in [-0.25, -0.2) is 9.18 Å². The molecule has 1 spiro atoms. The van der Waals surface area contributed by atoms with Gasteiger partial charge in [0.25, 0.3) is 0 Å². The lowest BCUT2D eigenvalue weighted by molar-refractivity contribution is -0.123. The number of likely N-dealkylation sites (tertiary alicyclic amines) is 1. The van der Waals surface area contributed by atoms with E-state index in [0.717, 1.165) is 4.90 Å². The maximum atomic E-state index is 15.3. The maximum Gasteiger partial charge on any atom is 0.407 e. The Morgan fingerprint density at radius 3 is 2.70 bits per heavy atom. The Labute approximate surface area is 201 Å². The highest BCUT2D eigenvalue weighted by Gasteiger charge is 2.65. The molecule has 2 aliphatic rings. The Hall–Kier alpha value is -2.35. The van der Waals surface area contributed by atoms with E-state index in [4.69, 9.17) is 23.2 Å². The molecule has 4 rings (SSSR count). The zero-order valence-electron chi connectivity index (χ0n) is 18.2. The molecule has 1 fully saturated rings. The summed E-state index contributed by atoms with van der Waals surface area (Å²) in [7, 11) is 0. The lowest BCUT2D eigenvalue weighted by Gasteiger charge is -2.38. The number of carbonyl (C=O) groups is 2. The number of anilines is 1. The quantitative estimate of drug-likeness (QED) is 0.513. The Morgan fingerprint density at radius 2 is 2.03 bits per heavy atom. The fourth-order valence-corrected chi connectivity index (χ4v) is 5.95. The van der Waals surface area contributed by atoms with Crippen molar-refractivity contribution in [3.05, 3.63) is 63.4 Å². The normalized spacial score (nSPS) is 24.3. The van der Waals surface area contributed by atoms with Crippen LogP contribution in [0, 0.1) is 17.2 Å². The molecule has 0 unspecified atom stereocenters. The van der Waals surface area contributed by atoms with E-state index < -0.39 is 40.6 Å². The molecule has 2 aromatic rings. The number of nitrogens with one attached hydrogen (secondary N) is 1. The van der Waals surface area contributed by atoms with Crippen LogP contribution in [-0.2, 0) is 10.2 Å². The van der Waals surface area contributed by atoms with Crippen molar-refractivity contribution in [3.63, 3.8) is 0 Å². The largest absolute Gasteiger partial charge is 0.465 e. The van der Waals surface area contributed by atoms with E-state index in [9.17, 15) is 19.8 Å². The summed E-state index contributed by atoms with van der Waals surface area (Å²) >= 11 is 12.2. The third-order valence-corrected chi connectivity index (χ3v) is 7.49. The first kappa shape index (κ1) is 23.8. The molecule has 3 atom stereocenters. The first-order chi connectivity index (χ1) is 15.5. The highest BCUT2D eigenvalue weighted by atomic mass is 35.5. The Kier molecular flexibility index (Phi) is 6.10. The average molecular weight is 495 g/mol. The highest BCUT2D eigenvalue weighted by molar-refractivity contribution is 6.31. The van der Waals surface area contributed by atoms with Gasteiger partial charge in [0.15, 0.2) is 0 Å². The summed E-state index contributed by atoms with van der Waals surface area (Å²) < 4.78 is 15.3. The van der Waals surface area contributed by atoms with Gasteiger partial charge in [-0.15, -0.1) is 0 Å². The van der Waals surface area contributed by atoms with Gasteiger partial charge < -0.3 is 15.5 Å². The molecular weight excluding hydrogens is 470 g/mol. The van der Waals surface area contributed by atoms with Gasteiger partial charge in [-0.3, -0.25) is 9.69 Å². The van der Waals surface area contributed by atoms with Crippen molar-refractivity contribution in [1.29, 1.82) is 0 Å². The summed E-state index contributed by atoms with van der Waals surface area (Å²) in [6, 6.07) is 8.26. The number of aliphatic hydroxyl groups is 1. The predicted octanol–water partition coefficient (Wildman–Crippen LogP) is 5.47. The van der Waals surface area contributed by atoms with Gasteiger partial charge in [0.1, 0.15) is 11.2 Å². The van der Waals surface area contributed by atoms with Crippen LogP contribution in [0.4, 0.5) is 14.9 Å². The van der Waals surface area contributed by atoms with Crippen LogP contribution in [0.1, 0.15) is 43.9 Å². The van der Waals surface area contributed by atoms with Crippen molar-refractivity contribution in [1.82, 2.24) is 4.90 Å². The predicted molar refractivity (Wildman–Crippen MR) is 124 cm³/mol. The molecule has 2 aliphatic heterocycles. The number of nitrogens with zero attached hydrogens (tertiary/aromatic N) is 1. The van der Waals surface area contributed by atoms with E-state index in [1.165, 1.54) is 12.1 Å². The Morgan fingerprint density at radius 1 is 1.30 bits per heavy atom. The number of fused-ring (bicyclic) bond motifs is 2. The summed E-state index contributed by atoms with van der Waals surface area (Å²) in [6.07, 6.45) is -0.347. The lowest BCUT2D eigenvalue weighted by Crippen LogP contribution is -2.46. The molecule has 6 nitrogen and oxygen atoms in total. The minimum absolute atomic E-state index is 0.0241. The summed E-state index contributed by atoms with van der Waals surface area (Å²) in [5.74, 6) is -1.64. The van der Waals surface area contributed by atoms with Crippen LogP contribution in [0.2, 0.25) is 10.0 Å². The minimum Gasteiger partial charge on any atom is -0.465 e. The topological polar surface area (TPSA) is 89.9 Å². The van der Waals surface area contributed by atoms with Crippen molar-refractivity contribution in [2.45, 2.75) is 38.1 Å². The van der Waals surface area contributed by atoms with E-state index >= 15 is 4.39 Å². The molecule has 0 saturated carbocycles. The number of carboxylic acid groups (broad SMARTS) is 1. The Bertz CT molecular complexity index is 1130. The first-order valence-corrected chi connectivity index (χ1v) is 11.4. The third-order valence-electron chi connectivity index (χ3n) is 6.96. The molecule has 0 radical (unpaired) electrons. The van der Waals surface area contributed by atoms with Crippen LogP contribution in [0.15, 0.2) is 36.4 Å². The van der Waals surface area contributed by atoms with Crippen molar-refractivity contribution >= 4 is 40.9 Å². The smallest absolute Gasteiger partial charge is 0.407 e. The first-order valence-electron chi connectivity index (χ1n) is 10.7. The summed E-state index contributed by atoms with van der Waals surface area (Å²) in [4.78, 5) is 27.3.